The molecule has 206 valence electrons. The summed E-state index contributed by atoms with van der Waals surface area (Å²) in [5.74, 6) is -0.417. The van der Waals surface area contributed by atoms with Gasteiger partial charge in [0.15, 0.2) is 0 Å². The Balaban J connectivity index is 1.43. The van der Waals surface area contributed by atoms with Crippen LogP contribution in [0.1, 0.15) is 44.4 Å². The van der Waals surface area contributed by atoms with Crippen molar-refractivity contribution in [2.24, 2.45) is 0 Å². The van der Waals surface area contributed by atoms with E-state index < -0.39 is 16.7 Å². The van der Waals surface area contributed by atoms with E-state index in [1.165, 1.54) is 23.1 Å². The molecule has 7 rings (SSSR count). The van der Waals surface area contributed by atoms with Crippen LogP contribution in [0.15, 0.2) is 79.1 Å². The van der Waals surface area contributed by atoms with Crippen molar-refractivity contribution in [3.05, 3.63) is 123 Å². The van der Waals surface area contributed by atoms with E-state index in [1.807, 2.05) is 55.5 Å². The molecule has 6 aromatic rings. The Hall–Kier alpha value is -5.84. The molecule has 0 amide bonds. The molecule has 1 atom stereocenters. The lowest BCUT2D eigenvalue weighted by Gasteiger charge is -2.26. The third kappa shape index (κ3) is 3.82. The summed E-state index contributed by atoms with van der Waals surface area (Å²) in [7, 11) is 0. The summed E-state index contributed by atoms with van der Waals surface area (Å²) in [6, 6.07) is 21.8. The third-order valence-electron chi connectivity index (χ3n) is 7.57. The molecule has 3 aromatic heterocycles. The van der Waals surface area contributed by atoms with Crippen LogP contribution in [0.4, 0.5) is 11.5 Å². The number of aryl methyl sites for hydroxylation is 2. The Morgan fingerprint density at radius 2 is 1.79 bits per heavy atom. The van der Waals surface area contributed by atoms with Crippen LogP contribution in [0.25, 0.3) is 22.0 Å². The maximum absolute atomic E-state index is 14.4. The van der Waals surface area contributed by atoms with Gasteiger partial charge in [-0.1, -0.05) is 54.1 Å². The molecular weight excluding hydrogens is 534 g/mol. The van der Waals surface area contributed by atoms with E-state index in [4.69, 9.17) is 10.5 Å². The van der Waals surface area contributed by atoms with E-state index in [2.05, 4.69) is 20.1 Å². The number of anilines is 1. The van der Waals surface area contributed by atoms with Crippen molar-refractivity contribution >= 4 is 28.3 Å². The van der Waals surface area contributed by atoms with Crippen LogP contribution in [0.5, 0.6) is 11.8 Å². The Labute approximate surface area is 238 Å². The molecule has 11 nitrogen and oxygen atoms in total. The topological polar surface area (TPSA) is 155 Å². The second-order valence-electron chi connectivity index (χ2n) is 10.2. The summed E-state index contributed by atoms with van der Waals surface area (Å²) in [5, 5.41) is 16.9. The number of fused-ring (bicyclic) bond motifs is 3. The number of aromatic amines is 1. The van der Waals surface area contributed by atoms with Gasteiger partial charge in [-0.2, -0.15) is 9.78 Å². The SMILES string of the molecule is Cc1ccc2[nH]c(C(=O)n3nc(C)c4c3Oc3ncnc(N)c3C4c3ccc([N+](=O)[O-])cc3)c(-c3ccccc3)c2c1. The molecule has 3 aromatic carbocycles. The van der Waals surface area contributed by atoms with Crippen molar-refractivity contribution in [3.8, 4) is 22.9 Å². The first kappa shape index (κ1) is 25.1. The lowest BCUT2D eigenvalue weighted by Crippen LogP contribution is -2.20. The molecule has 0 saturated carbocycles. The summed E-state index contributed by atoms with van der Waals surface area (Å²) in [6.45, 7) is 3.79. The second-order valence-corrected chi connectivity index (χ2v) is 10.2. The van der Waals surface area contributed by atoms with Gasteiger partial charge >= 0.3 is 0 Å². The second kappa shape index (κ2) is 9.37. The highest BCUT2D eigenvalue weighted by Crippen LogP contribution is 2.50. The zero-order valence-electron chi connectivity index (χ0n) is 22.5. The highest BCUT2D eigenvalue weighted by atomic mass is 16.6. The quantitative estimate of drug-likeness (QED) is 0.200. The molecule has 0 spiro atoms. The molecule has 0 saturated heterocycles. The van der Waals surface area contributed by atoms with Gasteiger partial charge in [0.2, 0.25) is 11.8 Å². The molecule has 0 aliphatic carbocycles. The number of ether oxygens (including phenoxy) is 1. The van der Waals surface area contributed by atoms with E-state index in [1.54, 1.807) is 19.1 Å². The van der Waals surface area contributed by atoms with Crippen LogP contribution in [0.2, 0.25) is 0 Å². The van der Waals surface area contributed by atoms with Gasteiger partial charge in [-0.05, 0) is 37.1 Å². The maximum Gasteiger partial charge on any atom is 0.298 e. The van der Waals surface area contributed by atoms with Crippen molar-refractivity contribution in [1.82, 2.24) is 24.7 Å². The molecule has 0 radical (unpaired) electrons. The molecule has 42 heavy (non-hydrogen) atoms. The number of carbonyl (C=O) groups is 1. The van der Waals surface area contributed by atoms with E-state index in [0.29, 0.717) is 28.1 Å². The number of carbonyl (C=O) groups excluding carboxylic acids is 1. The van der Waals surface area contributed by atoms with E-state index in [9.17, 15) is 14.9 Å². The molecule has 1 aliphatic heterocycles. The average Bonchev–Trinajstić information content (AvgIpc) is 3.53. The van der Waals surface area contributed by atoms with Crippen LogP contribution < -0.4 is 10.5 Å². The van der Waals surface area contributed by atoms with Crippen molar-refractivity contribution in [2.75, 3.05) is 5.73 Å². The highest BCUT2D eigenvalue weighted by Gasteiger charge is 2.39. The van der Waals surface area contributed by atoms with Gasteiger partial charge in [0, 0.05) is 28.6 Å². The number of nitrogens with one attached hydrogen (secondary N) is 1. The summed E-state index contributed by atoms with van der Waals surface area (Å²) >= 11 is 0. The predicted octanol–water partition coefficient (Wildman–Crippen LogP) is 5.90. The Bertz CT molecular complexity index is 2050. The van der Waals surface area contributed by atoms with Crippen molar-refractivity contribution in [3.63, 3.8) is 0 Å². The smallest absolute Gasteiger partial charge is 0.298 e. The fourth-order valence-electron chi connectivity index (χ4n) is 5.67. The number of nitro groups is 1. The maximum atomic E-state index is 14.4. The van der Waals surface area contributed by atoms with Gasteiger partial charge in [0.1, 0.15) is 17.8 Å². The lowest BCUT2D eigenvalue weighted by molar-refractivity contribution is -0.384. The van der Waals surface area contributed by atoms with E-state index >= 15 is 0 Å². The predicted molar refractivity (Wildman–Crippen MR) is 156 cm³/mol. The Morgan fingerprint density at radius 3 is 2.52 bits per heavy atom. The van der Waals surface area contributed by atoms with E-state index in [0.717, 1.165) is 27.6 Å². The number of non-ortho nitro benzene ring substituents is 1. The molecular formula is C31H23N7O4. The number of hydrogen-bond acceptors (Lipinski definition) is 8. The van der Waals surface area contributed by atoms with Crippen LogP contribution in [0, 0.1) is 24.0 Å². The standard InChI is InChI=1S/C31H23N7O4/c1-16-8-13-22-21(14-16)24(18-6-4-3-5-7-18)27(35-22)30(39)37-31-23(17(2)36-37)25(19-9-11-20(12-10-19)38(40)41)26-28(32)33-15-34-29(26)42-31/h3-15,25,35H,1-2H3,(H2,32,33,34). The number of benzene rings is 3. The number of nitrogens with zero attached hydrogens (tertiary/aromatic N) is 5. The molecule has 1 aliphatic rings. The number of rotatable bonds is 4. The normalized spacial score (nSPS) is 13.8. The van der Waals surface area contributed by atoms with Crippen LogP contribution in [-0.2, 0) is 0 Å². The first-order valence-electron chi connectivity index (χ1n) is 13.2. The number of nitrogens with two attached hydrogens (primary N) is 1. The zero-order valence-corrected chi connectivity index (χ0v) is 22.5. The molecule has 1 unspecified atom stereocenters. The van der Waals surface area contributed by atoms with Crippen LogP contribution in [-0.4, -0.2) is 35.6 Å². The summed E-state index contributed by atoms with van der Waals surface area (Å²) in [5.41, 5.74) is 12.5. The fraction of sp³-hybridized carbons (Fsp3) is 0.0968. The molecule has 0 bridgehead atoms. The average molecular weight is 558 g/mol. The number of hydrogen-bond donors (Lipinski definition) is 2. The van der Waals surface area contributed by atoms with Crippen molar-refractivity contribution < 1.29 is 14.5 Å². The van der Waals surface area contributed by atoms with Crippen LogP contribution in [0.3, 0.4) is 0 Å². The Kier molecular flexibility index (Phi) is 5.61. The minimum atomic E-state index is -0.578. The highest BCUT2D eigenvalue weighted by molar-refractivity contribution is 6.10. The Morgan fingerprint density at radius 1 is 1.02 bits per heavy atom. The minimum Gasteiger partial charge on any atom is -0.420 e. The van der Waals surface area contributed by atoms with Gasteiger partial charge < -0.3 is 15.5 Å². The lowest BCUT2D eigenvalue weighted by atomic mass is 9.84. The number of nitro benzene ring substituents is 1. The van der Waals surface area contributed by atoms with Crippen molar-refractivity contribution in [1.29, 1.82) is 0 Å². The summed E-state index contributed by atoms with van der Waals surface area (Å²) in [4.78, 5) is 37.0. The third-order valence-corrected chi connectivity index (χ3v) is 7.57. The van der Waals surface area contributed by atoms with Crippen molar-refractivity contribution in [2.45, 2.75) is 19.8 Å². The number of H-pyrrole nitrogens is 1. The molecule has 4 heterocycles. The number of aromatic nitrogens is 5. The van der Waals surface area contributed by atoms with Gasteiger partial charge in [0.25, 0.3) is 11.6 Å². The monoisotopic (exact) mass is 557 g/mol. The molecule has 11 heteroatoms. The first-order chi connectivity index (χ1) is 20.3. The summed E-state index contributed by atoms with van der Waals surface area (Å²) in [6.07, 6.45) is 1.29. The first-order valence-corrected chi connectivity index (χ1v) is 13.2. The van der Waals surface area contributed by atoms with Gasteiger partial charge in [-0.3, -0.25) is 14.9 Å². The van der Waals surface area contributed by atoms with Crippen LogP contribution >= 0.6 is 0 Å². The number of nitrogen functional groups attached to an aromatic ring is 1. The fourth-order valence-corrected chi connectivity index (χ4v) is 5.67. The van der Waals surface area contributed by atoms with Gasteiger partial charge in [-0.15, -0.1) is 0 Å². The van der Waals surface area contributed by atoms with Gasteiger partial charge in [-0.25, -0.2) is 9.97 Å². The zero-order chi connectivity index (χ0) is 29.1. The molecule has 3 N–H and O–H groups in total. The summed E-state index contributed by atoms with van der Waals surface area (Å²) < 4.78 is 7.48. The minimum absolute atomic E-state index is 0.0476. The largest absolute Gasteiger partial charge is 0.420 e. The van der Waals surface area contributed by atoms with E-state index in [-0.39, 0.29) is 23.3 Å². The van der Waals surface area contributed by atoms with Gasteiger partial charge in [0.05, 0.1) is 27.7 Å². The molecule has 0 fully saturated rings.